The molecule has 12 heavy (non-hydrogen) atoms. The Labute approximate surface area is 80.0 Å². The van der Waals surface area contributed by atoms with Gasteiger partial charge in [-0.15, -0.1) is 0 Å². The summed E-state index contributed by atoms with van der Waals surface area (Å²) in [5.41, 5.74) is 0. The van der Waals surface area contributed by atoms with Gasteiger partial charge in [0.2, 0.25) is 0 Å². The first kappa shape index (κ1) is 14.3. The average molecular weight is 193 g/mol. The molecule has 0 aromatic rings. The third-order valence-electron chi connectivity index (χ3n) is 0.802. The van der Waals surface area contributed by atoms with Crippen molar-refractivity contribution in [3.8, 4) is 0 Å². The van der Waals surface area contributed by atoms with Crippen LogP contribution >= 0.6 is 12.6 Å². The van der Waals surface area contributed by atoms with Crippen molar-refractivity contribution < 1.29 is 9.90 Å². The SMILES string of the molecule is CC(C)NC(C)C.O=C(O)CS. The second-order valence-electron chi connectivity index (χ2n) is 3.03. The second-order valence-corrected chi connectivity index (χ2v) is 3.34. The summed E-state index contributed by atoms with van der Waals surface area (Å²) in [5, 5.41) is 11.0. The Morgan fingerprint density at radius 1 is 1.33 bits per heavy atom. The molecule has 0 atom stereocenters. The summed E-state index contributed by atoms with van der Waals surface area (Å²) in [6.07, 6.45) is 0. The molecule has 74 valence electrons. The predicted molar refractivity (Wildman–Crippen MR) is 54.9 cm³/mol. The highest BCUT2D eigenvalue weighted by Gasteiger charge is 1.92. The van der Waals surface area contributed by atoms with E-state index in [1.807, 2.05) is 0 Å². The Bertz CT molecular complexity index is 110. The zero-order chi connectivity index (χ0) is 10.1. The van der Waals surface area contributed by atoms with Crippen LogP contribution in [0.1, 0.15) is 27.7 Å². The van der Waals surface area contributed by atoms with E-state index in [0.717, 1.165) is 0 Å². The standard InChI is InChI=1S/C6H15N.C2H4O2S/c1-5(2)7-6(3)4;3-2(4)1-5/h5-7H,1-4H3;5H,1H2,(H,3,4). The van der Waals surface area contributed by atoms with Gasteiger partial charge in [-0.3, -0.25) is 4.79 Å². The third kappa shape index (κ3) is 22.6. The van der Waals surface area contributed by atoms with Crippen LogP contribution in [0.2, 0.25) is 0 Å². The average Bonchev–Trinajstić information content (AvgIpc) is 1.85. The Kier molecular flexibility index (Phi) is 10.6. The second kappa shape index (κ2) is 8.87. The molecule has 0 aliphatic rings. The third-order valence-corrected chi connectivity index (χ3v) is 1.07. The van der Waals surface area contributed by atoms with Crippen molar-refractivity contribution in [3.05, 3.63) is 0 Å². The zero-order valence-corrected chi connectivity index (χ0v) is 9.06. The fourth-order valence-electron chi connectivity index (χ4n) is 0.667. The van der Waals surface area contributed by atoms with Crippen molar-refractivity contribution in [2.24, 2.45) is 0 Å². The number of rotatable bonds is 3. The summed E-state index contributed by atoms with van der Waals surface area (Å²) in [6, 6.07) is 1.25. The van der Waals surface area contributed by atoms with Gasteiger partial charge < -0.3 is 10.4 Å². The topological polar surface area (TPSA) is 49.3 Å². The molecule has 0 spiro atoms. The van der Waals surface area contributed by atoms with Crippen molar-refractivity contribution in [2.45, 2.75) is 39.8 Å². The Morgan fingerprint density at radius 2 is 1.58 bits per heavy atom. The maximum absolute atomic E-state index is 9.29. The molecule has 0 heterocycles. The summed E-state index contributed by atoms with van der Waals surface area (Å²) in [4.78, 5) is 9.29. The van der Waals surface area contributed by atoms with Crippen molar-refractivity contribution in [1.82, 2.24) is 5.32 Å². The molecule has 0 saturated carbocycles. The highest BCUT2D eigenvalue weighted by atomic mass is 32.1. The van der Waals surface area contributed by atoms with Crippen LogP contribution in [0, 0.1) is 0 Å². The quantitative estimate of drug-likeness (QED) is 0.594. The van der Waals surface area contributed by atoms with Crippen LogP contribution in [0.15, 0.2) is 0 Å². The number of thiol groups is 1. The normalized spacial score (nSPS) is 9.58. The summed E-state index contributed by atoms with van der Waals surface area (Å²) < 4.78 is 0. The van der Waals surface area contributed by atoms with Crippen LogP contribution < -0.4 is 5.32 Å². The molecule has 0 saturated heterocycles. The Balaban J connectivity index is 0. The van der Waals surface area contributed by atoms with E-state index in [4.69, 9.17) is 5.11 Å². The number of hydrogen-bond acceptors (Lipinski definition) is 3. The van der Waals surface area contributed by atoms with Gasteiger partial charge in [-0.25, -0.2) is 0 Å². The molecule has 0 aliphatic heterocycles. The van der Waals surface area contributed by atoms with Crippen molar-refractivity contribution in [3.63, 3.8) is 0 Å². The van der Waals surface area contributed by atoms with Gasteiger partial charge in [0.05, 0.1) is 5.75 Å². The Morgan fingerprint density at radius 3 is 1.58 bits per heavy atom. The van der Waals surface area contributed by atoms with Gasteiger partial charge in [0.15, 0.2) is 0 Å². The van der Waals surface area contributed by atoms with E-state index in [-0.39, 0.29) is 5.75 Å². The van der Waals surface area contributed by atoms with Crippen molar-refractivity contribution >= 4 is 18.6 Å². The lowest BCUT2D eigenvalue weighted by Crippen LogP contribution is -2.29. The summed E-state index contributed by atoms with van der Waals surface area (Å²) in [7, 11) is 0. The molecular formula is C8H19NO2S. The molecular weight excluding hydrogens is 174 g/mol. The number of nitrogens with one attached hydrogen (secondary N) is 1. The summed E-state index contributed by atoms with van der Waals surface area (Å²) in [6.45, 7) is 8.61. The smallest absolute Gasteiger partial charge is 0.313 e. The van der Waals surface area contributed by atoms with Crippen LogP contribution in [0.4, 0.5) is 0 Å². The van der Waals surface area contributed by atoms with Gasteiger partial charge in [0, 0.05) is 12.1 Å². The van der Waals surface area contributed by atoms with E-state index in [1.54, 1.807) is 0 Å². The van der Waals surface area contributed by atoms with Gasteiger partial charge in [0.1, 0.15) is 0 Å². The van der Waals surface area contributed by atoms with Gasteiger partial charge in [-0.1, -0.05) is 27.7 Å². The molecule has 0 aliphatic carbocycles. The predicted octanol–water partition coefficient (Wildman–Crippen LogP) is 1.39. The molecule has 0 aromatic heterocycles. The highest BCUT2D eigenvalue weighted by molar-refractivity contribution is 7.81. The van der Waals surface area contributed by atoms with Gasteiger partial charge in [-0.05, 0) is 0 Å². The Hall–Kier alpha value is -0.220. The monoisotopic (exact) mass is 193 g/mol. The van der Waals surface area contributed by atoms with Crippen molar-refractivity contribution in [1.29, 1.82) is 0 Å². The maximum Gasteiger partial charge on any atom is 0.313 e. The van der Waals surface area contributed by atoms with Crippen LogP contribution in [0.3, 0.4) is 0 Å². The summed E-state index contributed by atoms with van der Waals surface area (Å²) >= 11 is 3.42. The van der Waals surface area contributed by atoms with E-state index in [0.29, 0.717) is 12.1 Å². The lowest BCUT2D eigenvalue weighted by molar-refractivity contribution is -0.133. The van der Waals surface area contributed by atoms with Crippen LogP contribution in [0.5, 0.6) is 0 Å². The first-order valence-corrected chi connectivity index (χ1v) is 4.62. The minimum Gasteiger partial charge on any atom is -0.481 e. The van der Waals surface area contributed by atoms with E-state index < -0.39 is 5.97 Å². The minimum absolute atomic E-state index is 0.0833. The summed E-state index contributed by atoms with van der Waals surface area (Å²) in [5.74, 6) is -0.965. The number of carbonyl (C=O) groups is 1. The van der Waals surface area contributed by atoms with Gasteiger partial charge in [0.25, 0.3) is 0 Å². The molecule has 3 nitrogen and oxygen atoms in total. The number of aliphatic carboxylic acids is 1. The van der Waals surface area contributed by atoms with E-state index in [2.05, 4.69) is 45.6 Å². The highest BCUT2D eigenvalue weighted by Crippen LogP contribution is 1.80. The van der Waals surface area contributed by atoms with E-state index in [1.165, 1.54) is 0 Å². The molecule has 0 aromatic carbocycles. The minimum atomic E-state index is -0.881. The zero-order valence-electron chi connectivity index (χ0n) is 8.16. The maximum atomic E-state index is 9.29. The first-order chi connectivity index (χ1) is 5.40. The van der Waals surface area contributed by atoms with E-state index >= 15 is 0 Å². The number of hydrogen-bond donors (Lipinski definition) is 3. The first-order valence-electron chi connectivity index (χ1n) is 3.98. The number of carboxylic acids is 1. The molecule has 2 N–H and O–H groups in total. The van der Waals surface area contributed by atoms with Gasteiger partial charge >= 0.3 is 5.97 Å². The van der Waals surface area contributed by atoms with Crippen LogP contribution in [0.25, 0.3) is 0 Å². The van der Waals surface area contributed by atoms with Crippen LogP contribution in [-0.4, -0.2) is 28.9 Å². The molecule has 0 unspecified atom stereocenters. The molecule has 0 radical (unpaired) electrons. The fraction of sp³-hybridized carbons (Fsp3) is 0.875. The number of carboxylic acid groups (broad SMARTS) is 1. The van der Waals surface area contributed by atoms with E-state index in [9.17, 15) is 4.79 Å². The molecule has 4 heteroatoms. The molecule has 0 rings (SSSR count). The lowest BCUT2D eigenvalue weighted by Gasteiger charge is -2.10. The lowest BCUT2D eigenvalue weighted by atomic mass is 10.3. The molecule has 0 amide bonds. The van der Waals surface area contributed by atoms with Crippen LogP contribution in [-0.2, 0) is 4.79 Å². The fourth-order valence-corrected chi connectivity index (χ4v) is 0.667. The molecule has 0 bridgehead atoms. The van der Waals surface area contributed by atoms with Gasteiger partial charge in [-0.2, -0.15) is 12.6 Å². The van der Waals surface area contributed by atoms with Crippen molar-refractivity contribution in [2.75, 3.05) is 5.75 Å². The molecule has 0 fully saturated rings. The largest absolute Gasteiger partial charge is 0.481 e.